The molecular weight excluding hydrogens is 384 g/mol. The van der Waals surface area contributed by atoms with Gasteiger partial charge in [-0.3, -0.25) is 4.79 Å². The summed E-state index contributed by atoms with van der Waals surface area (Å²) in [6.07, 6.45) is 0. The van der Waals surface area contributed by atoms with Gasteiger partial charge in [0.15, 0.2) is 0 Å². The first-order chi connectivity index (χ1) is 10.5. The van der Waals surface area contributed by atoms with E-state index in [1.807, 2.05) is 24.0 Å². The molecule has 0 radical (unpaired) electrons. The van der Waals surface area contributed by atoms with E-state index in [1.165, 1.54) is 0 Å². The number of ether oxygens (including phenoxy) is 1. The minimum Gasteiger partial charge on any atom is -0.496 e. The molecule has 0 atom stereocenters. The molecule has 2 aromatic rings. The van der Waals surface area contributed by atoms with Crippen LogP contribution in [0.15, 0.2) is 21.0 Å². The maximum atomic E-state index is 12.9. The lowest BCUT2D eigenvalue weighted by Crippen LogP contribution is -2.47. The zero-order chi connectivity index (χ0) is 15.9. The number of aryl methyl sites for hydroxylation is 1. The number of likely N-dealkylation sites (N-methyl/N-ethyl adjacent to an activating group) is 1. The van der Waals surface area contributed by atoms with Gasteiger partial charge in [0.25, 0.3) is 5.91 Å². The van der Waals surface area contributed by atoms with Crippen LogP contribution in [0.4, 0.5) is 0 Å². The van der Waals surface area contributed by atoms with E-state index in [1.54, 1.807) is 7.11 Å². The molecule has 0 aliphatic carbocycles. The first-order valence-electron chi connectivity index (χ1n) is 7.25. The Kier molecular flexibility index (Phi) is 5.60. The first kappa shape index (κ1) is 18.1. The van der Waals surface area contributed by atoms with Crippen LogP contribution in [0.2, 0.25) is 0 Å². The molecule has 23 heavy (non-hydrogen) atoms. The van der Waals surface area contributed by atoms with Gasteiger partial charge in [0.2, 0.25) is 0 Å². The lowest BCUT2D eigenvalue weighted by molar-refractivity contribution is 0.0664. The van der Waals surface area contributed by atoms with Crippen molar-refractivity contribution in [1.29, 1.82) is 0 Å². The smallest absolute Gasteiger partial charge is 0.258 e. The third-order valence-corrected chi connectivity index (χ3v) is 4.76. The van der Waals surface area contributed by atoms with Crippen LogP contribution in [-0.4, -0.2) is 56.0 Å². The Labute approximate surface area is 150 Å². The standard InChI is InChI=1S/C16H19BrN2O3.ClH/c1-10-15(16(20)19-6-4-18(2)5-7-19)11-8-14(21-3)12(17)9-13(11)22-10;/h8-9H,4-7H2,1-3H3;1H. The minimum absolute atomic E-state index is 0. The predicted molar refractivity (Wildman–Crippen MR) is 95.9 cm³/mol. The fourth-order valence-corrected chi connectivity index (χ4v) is 3.29. The molecule has 1 aliphatic heterocycles. The topological polar surface area (TPSA) is 45.9 Å². The van der Waals surface area contributed by atoms with E-state index in [2.05, 4.69) is 27.9 Å². The number of carbonyl (C=O) groups excluding carboxylic acids is 1. The molecule has 0 unspecified atom stereocenters. The molecule has 1 amide bonds. The number of fused-ring (bicyclic) bond motifs is 1. The summed E-state index contributed by atoms with van der Waals surface area (Å²) in [5, 5.41) is 0.807. The van der Waals surface area contributed by atoms with Crippen LogP contribution in [0.5, 0.6) is 5.75 Å². The summed E-state index contributed by atoms with van der Waals surface area (Å²) >= 11 is 3.45. The van der Waals surface area contributed by atoms with Crippen molar-refractivity contribution in [2.45, 2.75) is 6.92 Å². The molecule has 126 valence electrons. The van der Waals surface area contributed by atoms with E-state index in [4.69, 9.17) is 9.15 Å². The fraction of sp³-hybridized carbons (Fsp3) is 0.438. The highest BCUT2D eigenvalue weighted by molar-refractivity contribution is 9.10. The maximum Gasteiger partial charge on any atom is 0.258 e. The summed E-state index contributed by atoms with van der Waals surface area (Å²) < 4.78 is 11.9. The van der Waals surface area contributed by atoms with Crippen molar-refractivity contribution < 1.29 is 13.9 Å². The van der Waals surface area contributed by atoms with Crippen LogP contribution < -0.4 is 4.74 Å². The van der Waals surface area contributed by atoms with E-state index in [0.29, 0.717) is 22.7 Å². The average Bonchev–Trinajstić information content (AvgIpc) is 2.81. The highest BCUT2D eigenvalue weighted by Crippen LogP contribution is 2.35. The lowest BCUT2D eigenvalue weighted by Gasteiger charge is -2.32. The van der Waals surface area contributed by atoms with Gasteiger partial charge >= 0.3 is 0 Å². The molecule has 2 heterocycles. The Hall–Kier alpha value is -1.24. The van der Waals surface area contributed by atoms with Crippen LogP contribution in [0, 0.1) is 6.92 Å². The Morgan fingerprint density at radius 2 is 1.91 bits per heavy atom. The van der Waals surface area contributed by atoms with E-state index in [0.717, 1.165) is 36.0 Å². The van der Waals surface area contributed by atoms with Gasteiger partial charge in [-0.1, -0.05) is 0 Å². The Morgan fingerprint density at radius 1 is 1.26 bits per heavy atom. The molecule has 0 bridgehead atoms. The third kappa shape index (κ3) is 3.34. The van der Waals surface area contributed by atoms with Gasteiger partial charge in [-0.2, -0.15) is 0 Å². The van der Waals surface area contributed by atoms with Gasteiger partial charge in [0.1, 0.15) is 17.1 Å². The van der Waals surface area contributed by atoms with Gasteiger partial charge in [0.05, 0.1) is 17.1 Å². The zero-order valence-electron chi connectivity index (χ0n) is 13.4. The second kappa shape index (κ2) is 7.11. The van der Waals surface area contributed by atoms with Gasteiger partial charge < -0.3 is 19.0 Å². The molecule has 1 saturated heterocycles. The van der Waals surface area contributed by atoms with Gasteiger partial charge in [-0.05, 0) is 42.0 Å². The number of rotatable bonds is 2. The number of piperazine rings is 1. The van der Waals surface area contributed by atoms with Gasteiger partial charge in [0, 0.05) is 31.6 Å². The van der Waals surface area contributed by atoms with Crippen LogP contribution in [-0.2, 0) is 0 Å². The van der Waals surface area contributed by atoms with E-state index in [9.17, 15) is 4.79 Å². The Morgan fingerprint density at radius 3 is 2.52 bits per heavy atom. The van der Waals surface area contributed by atoms with Crippen molar-refractivity contribution >= 4 is 45.2 Å². The van der Waals surface area contributed by atoms with E-state index in [-0.39, 0.29) is 18.3 Å². The highest BCUT2D eigenvalue weighted by atomic mass is 79.9. The van der Waals surface area contributed by atoms with Crippen molar-refractivity contribution in [1.82, 2.24) is 9.80 Å². The molecule has 7 heteroatoms. The molecule has 3 rings (SSSR count). The van der Waals surface area contributed by atoms with Crippen LogP contribution in [0.25, 0.3) is 11.0 Å². The maximum absolute atomic E-state index is 12.9. The van der Waals surface area contributed by atoms with Crippen molar-refractivity contribution in [3.8, 4) is 5.75 Å². The van der Waals surface area contributed by atoms with E-state index >= 15 is 0 Å². The highest BCUT2D eigenvalue weighted by Gasteiger charge is 2.26. The summed E-state index contributed by atoms with van der Waals surface area (Å²) in [5.41, 5.74) is 1.34. The number of amides is 1. The van der Waals surface area contributed by atoms with Crippen molar-refractivity contribution in [3.05, 3.63) is 27.9 Å². The fourth-order valence-electron chi connectivity index (χ4n) is 2.81. The molecule has 0 N–H and O–H groups in total. The van der Waals surface area contributed by atoms with Crippen LogP contribution in [0.3, 0.4) is 0 Å². The quantitative estimate of drug-likeness (QED) is 0.772. The average molecular weight is 404 g/mol. The molecule has 1 aromatic heterocycles. The van der Waals surface area contributed by atoms with Crippen molar-refractivity contribution in [2.75, 3.05) is 40.3 Å². The predicted octanol–water partition coefficient (Wildman–Crippen LogP) is 3.32. The molecule has 1 aliphatic rings. The summed E-state index contributed by atoms with van der Waals surface area (Å²) in [6.45, 7) is 5.12. The van der Waals surface area contributed by atoms with Crippen LogP contribution in [0.1, 0.15) is 16.1 Å². The number of furan rings is 1. The number of carbonyl (C=O) groups is 1. The number of halogens is 2. The Bertz CT molecular complexity index is 724. The zero-order valence-corrected chi connectivity index (χ0v) is 15.8. The molecule has 1 aromatic carbocycles. The second-order valence-electron chi connectivity index (χ2n) is 5.61. The Balaban J connectivity index is 0.00000192. The third-order valence-electron chi connectivity index (χ3n) is 4.14. The number of methoxy groups -OCH3 is 1. The van der Waals surface area contributed by atoms with Crippen LogP contribution >= 0.6 is 28.3 Å². The number of benzene rings is 1. The summed E-state index contributed by atoms with van der Waals surface area (Å²) in [6, 6.07) is 3.71. The molecule has 0 saturated carbocycles. The van der Waals surface area contributed by atoms with E-state index < -0.39 is 0 Å². The van der Waals surface area contributed by atoms with Crippen molar-refractivity contribution in [2.24, 2.45) is 0 Å². The molecule has 5 nitrogen and oxygen atoms in total. The first-order valence-corrected chi connectivity index (χ1v) is 8.05. The molecule has 0 spiro atoms. The van der Waals surface area contributed by atoms with Crippen molar-refractivity contribution in [3.63, 3.8) is 0 Å². The lowest BCUT2D eigenvalue weighted by atomic mass is 10.1. The number of nitrogens with zero attached hydrogens (tertiary/aromatic N) is 2. The van der Waals surface area contributed by atoms with Gasteiger partial charge in [-0.15, -0.1) is 12.4 Å². The largest absolute Gasteiger partial charge is 0.496 e. The normalized spacial score (nSPS) is 15.6. The second-order valence-corrected chi connectivity index (χ2v) is 6.47. The monoisotopic (exact) mass is 402 g/mol. The number of hydrogen-bond acceptors (Lipinski definition) is 4. The summed E-state index contributed by atoms with van der Waals surface area (Å²) in [5.74, 6) is 1.38. The molecular formula is C16H20BrClN2O3. The minimum atomic E-state index is 0. The number of hydrogen-bond donors (Lipinski definition) is 0. The SMILES string of the molecule is COc1cc2c(C(=O)N3CCN(C)CC3)c(C)oc2cc1Br.Cl. The van der Waals surface area contributed by atoms with Gasteiger partial charge in [-0.25, -0.2) is 0 Å². The summed E-state index contributed by atoms with van der Waals surface area (Å²) in [7, 11) is 3.68. The summed E-state index contributed by atoms with van der Waals surface area (Å²) in [4.78, 5) is 17.0. The molecule has 1 fully saturated rings.